The van der Waals surface area contributed by atoms with Gasteiger partial charge in [0.25, 0.3) is 5.91 Å². The summed E-state index contributed by atoms with van der Waals surface area (Å²) in [5, 5.41) is 3.20. The van der Waals surface area contributed by atoms with Crippen LogP contribution >= 0.6 is 34.3 Å². The molecule has 0 aliphatic carbocycles. The molecule has 2 fully saturated rings. The Labute approximate surface area is 165 Å². The van der Waals surface area contributed by atoms with Crippen LogP contribution in [0.1, 0.15) is 15.4 Å². The molecule has 0 bridgehead atoms. The van der Waals surface area contributed by atoms with Gasteiger partial charge in [-0.25, -0.2) is 4.98 Å². The molecule has 26 heavy (non-hydrogen) atoms. The Balaban J connectivity index is 1.31. The van der Waals surface area contributed by atoms with Crippen LogP contribution in [0.4, 0.5) is 5.13 Å². The molecule has 0 spiro atoms. The van der Waals surface area contributed by atoms with Gasteiger partial charge in [0.15, 0.2) is 5.13 Å². The van der Waals surface area contributed by atoms with Gasteiger partial charge in [-0.3, -0.25) is 9.69 Å². The quantitative estimate of drug-likeness (QED) is 0.772. The molecule has 140 valence electrons. The molecule has 0 saturated carbocycles. The molecule has 4 heterocycles. The molecule has 4 rings (SSSR count). The number of carbonyl (C=O) groups excluding carboxylic acids is 1. The first-order valence-corrected chi connectivity index (χ1v) is 10.8. The fraction of sp³-hybridized carbons (Fsp3) is 0.529. The zero-order valence-corrected chi connectivity index (χ0v) is 16.8. The lowest BCUT2D eigenvalue weighted by Crippen LogP contribution is -2.48. The normalized spacial score (nSPS) is 19.1. The van der Waals surface area contributed by atoms with Crippen LogP contribution in [0.5, 0.6) is 0 Å². The molecule has 2 saturated heterocycles. The summed E-state index contributed by atoms with van der Waals surface area (Å²) in [4.78, 5) is 24.6. The molecule has 1 amide bonds. The van der Waals surface area contributed by atoms with E-state index in [1.807, 2.05) is 4.90 Å². The number of piperazine rings is 1. The first-order chi connectivity index (χ1) is 12.7. The molecule has 0 N–H and O–H groups in total. The average molecular weight is 413 g/mol. The Kier molecular flexibility index (Phi) is 5.75. The Morgan fingerprint density at radius 3 is 2.62 bits per heavy atom. The number of thiazole rings is 1. The number of aromatic nitrogens is 1. The molecule has 2 aromatic rings. The lowest BCUT2D eigenvalue weighted by Gasteiger charge is -2.34. The maximum atomic E-state index is 12.5. The molecule has 0 aromatic carbocycles. The fourth-order valence-corrected chi connectivity index (χ4v) is 5.07. The van der Waals surface area contributed by atoms with Crippen molar-refractivity contribution in [3.63, 3.8) is 0 Å². The number of hydrogen-bond acceptors (Lipinski definition) is 7. The maximum absolute atomic E-state index is 12.5. The highest BCUT2D eigenvalue weighted by Crippen LogP contribution is 2.25. The predicted octanol–water partition coefficient (Wildman–Crippen LogP) is 2.65. The number of amides is 1. The highest BCUT2D eigenvalue weighted by Gasteiger charge is 2.24. The van der Waals surface area contributed by atoms with E-state index in [-0.39, 0.29) is 5.91 Å². The van der Waals surface area contributed by atoms with Crippen molar-refractivity contribution in [2.45, 2.75) is 6.54 Å². The second-order valence-corrected chi connectivity index (χ2v) is 8.94. The third-order valence-electron chi connectivity index (χ3n) is 4.65. The van der Waals surface area contributed by atoms with Gasteiger partial charge in [0.2, 0.25) is 0 Å². The van der Waals surface area contributed by atoms with E-state index in [1.54, 1.807) is 23.5 Å². The van der Waals surface area contributed by atoms with Crippen LogP contribution in [0.2, 0.25) is 4.34 Å². The SMILES string of the molecule is O=C(c1ccc(Cl)s1)N1CCN(c2nc(CN3CCOCC3)cs2)CC1. The first-order valence-electron chi connectivity index (χ1n) is 8.73. The fourth-order valence-electron chi connectivity index (χ4n) is 3.19. The van der Waals surface area contributed by atoms with Gasteiger partial charge >= 0.3 is 0 Å². The average Bonchev–Trinajstić information content (AvgIpc) is 3.31. The number of hydrogen-bond donors (Lipinski definition) is 0. The third-order valence-corrected chi connectivity index (χ3v) is 6.82. The van der Waals surface area contributed by atoms with E-state index in [4.69, 9.17) is 21.3 Å². The molecule has 2 aliphatic rings. The lowest BCUT2D eigenvalue weighted by molar-refractivity contribution is 0.0337. The van der Waals surface area contributed by atoms with Crippen LogP contribution in [-0.4, -0.2) is 73.2 Å². The summed E-state index contributed by atoms with van der Waals surface area (Å²) in [6.45, 7) is 7.51. The van der Waals surface area contributed by atoms with E-state index in [2.05, 4.69) is 15.2 Å². The Morgan fingerprint density at radius 2 is 1.92 bits per heavy atom. The van der Waals surface area contributed by atoms with E-state index < -0.39 is 0 Å². The molecule has 2 aromatic heterocycles. The number of carbonyl (C=O) groups is 1. The molecule has 0 unspecified atom stereocenters. The van der Waals surface area contributed by atoms with Crippen molar-refractivity contribution in [3.05, 3.63) is 32.4 Å². The minimum absolute atomic E-state index is 0.0775. The second-order valence-electron chi connectivity index (χ2n) is 6.39. The number of thiophene rings is 1. The van der Waals surface area contributed by atoms with Crippen molar-refractivity contribution in [2.75, 3.05) is 57.4 Å². The summed E-state index contributed by atoms with van der Waals surface area (Å²) in [5.41, 5.74) is 1.12. The molecular weight excluding hydrogens is 392 g/mol. The van der Waals surface area contributed by atoms with Crippen LogP contribution in [0.25, 0.3) is 0 Å². The van der Waals surface area contributed by atoms with E-state index in [9.17, 15) is 4.79 Å². The number of ether oxygens (including phenoxy) is 1. The van der Waals surface area contributed by atoms with Crippen molar-refractivity contribution in [1.29, 1.82) is 0 Å². The Bertz CT molecular complexity index is 752. The summed E-state index contributed by atoms with van der Waals surface area (Å²) >= 11 is 8.98. The minimum atomic E-state index is 0.0775. The van der Waals surface area contributed by atoms with Crippen molar-refractivity contribution < 1.29 is 9.53 Å². The van der Waals surface area contributed by atoms with Gasteiger partial charge in [0.05, 0.1) is 28.1 Å². The Hall–Kier alpha value is -1.19. The standard InChI is InChI=1S/C17H21ClN4O2S2/c18-15-2-1-14(26-15)16(23)21-3-5-22(6-4-21)17-19-13(12-25-17)11-20-7-9-24-10-8-20/h1-2,12H,3-11H2. The third kappa shape index (κ3) is 4.20. The topological polar surface area (TPSA) is 48.9 Å². The van der Waals surface area contributed by atoms with E-state index in [1.165, 1.54) is 11.3 Å². The van der Waals surface area contributed by atoms with Crippen LogP contribution in [-0.2, 0) is 11.3 Å². The maximum Gasteiger partial charge on any atom is 0.264 e. The number of halogens is 1. The predicted molar refractivity (Wildman–Crippen MR) is 106 cm³/mol. The molecule has 2 aliphatic heterocycles. The summed E-state index contributed by atoms with van der Waals surface area (Å²) < 4.78 is 6.05. The monoisotopic (exact) mass is 412 g/mol. The van der Waals surface area contributed by atoms with Gasteiger partial charge in [-0.15, -0.1) is 22.7 Å². The summed E-state index contributed by atoms with van der Waals surface area (Å²) in [5.74, 6) is 0.0775. The van der Waals surface area contributed by atoms with Crippen LogP contribution in [0.15, 0.2) is 17.5 Å². The number of rotatable bonds is 4. The summed E-state index contributed by atoms with van der Waals surface area (Å²) in [6.07, 6.45) is 0. The largest absolute Gasteiger partial charge is 0.379 e. The molecule has 6 nitrogen and oxygen atoms in total. The molecule has 0 radical (unpaired) electrons. The van der Waals surface area contributed by atoms with Gasteiger partial charge in [-0.05, 0) is 12.1 Å². The second kappa shape index (κ2) is 8.22. The summed E-state index contributed by atoms with van der Waals surface area (Å²) in [6, 6.07) is 3.59. The minimum Gasteiger partial charge on any atom is -0.379 e. The smallest absolute Gasteiger partial charge is 0.264 e. The Morgan fingerprint density at radius 1 is 1.15 bits per heavy atom. The molecule has 9 heteroatoms. The lowest BCUT2D eigenvalue weighted by atomic mass is 10.3. The van der Waals surface area contributed by atoms with Gasteiger partial charge in [0, 0.05) is 51.2 Å². The van der Waals surface area contributed by atoms with Crippen LogP contribution < -0.4 is 4.90 Å². The summed E-state index contributed by atoms with van der Waals surface area (Å²) in [7, 11) is 0. The van der Waals surface area contributed by atoms with E-state index in [0.29, 0.717) is 22.3 Å². The highest BCUT2D eigenvalue weighted by molar-refractivity contribution is 7.18. The number of morpholine rings is 1. The molecule has 0 atom stereocenters. The zero-order chi connectivity index (χ0) is 17.9. The highest BCUT2D eigenvalue weighted by atomic mass is 35.5. The van der Waals surface area contributed by atoms with Gasteiger partial charge < -0.3 is 14.5 Å². The van der Waals surface area contributed by atoms with Crippen molar-refractivity contribution in [3.8, 4) is 0 Å². The number of anilines is 1. The van der Waals surface area contributed by atoms with Crippen LogP contribution in [0.3, 0.4) is 0 Å². The van der Waals surface area contributed by atoms with Crippen molar-refractivity contribution in [2.24, 2.45) is 0 Å². The molecular formula is C17H21ClN4O2S2. The van der Waals surface area contributed by atoms with Gasteiger partial charge in [-0.2, -0.15) is 0 Å². The van der Waals surface area contributed by atoms with Crippen molar-refractivity contribution >= 4 is 45.3 Å². The van der Waals surface area contributed by atoms with E-state index in [0.717, 1.165) is 56.8 Å². The van der Waals surface area contributed by atoms with E-state index >= 15 is 0 Å². The van der Waals surface area contributed by atoms with Crippen LogP contribution in [0, 0.1) is 0 Å². The zero-order valence-electron chi connectivity index (χ0n) is 14.4. The first kappa shape index (κ1) is 18.2. The van der Waals surface area contributed by atoms with Gasteiger partial charge in [-0.1, -0.05) is 11.6 Å². The van der Waals surface area contributed by atoms with Crippen molar-refractivity contribution in [1.82, 2.24) is 14.8 Å². The number of nitrogens with zero attached hydrogens (tertiary/aromatic N) is 4. The van der Waals surface area contributed by atoms with Gasteiger partial charge in [0.1, 0.15) is 0 Å².